The van der Waals surface area contributed by atoms with Crippen LogP contribution in [0.1, 0.15) is 119 Å². The second-order valence-electron chi connectivity index (χ2n) is 17.5. The van der Waals surface area contributed by atoms with Crippen LogP contribution in [0.4, 0.5) is 79.0 Å². The van der Waals surface area contributed by atoms with Crippen molar-refractivity contribution in [2.24, 2.45) is 11.8 Å². The molecule has 2 aliphatic carbocycles. The summed E-state index contributed by atoms with van der Waals surface area (Å²) < 4.78 is 279. The van der Waals surface area contributed by atoms with Gasteiger partial charge in [0.15, 0.2) is 46.3 Å². The van der Waals surface area contributed by atoms with Gasteiger partial charge in [0.1, 0.15) is 0 Å². The number of ether oxygens (including phenoxy) is 2. The Kier molecular flexibility index (Phi) is 20.4. The van der Waals surface area contributed by atoms with Crippen molar-refractivity contribution in [3.63, 3.8) is 0 Å². The van der Waals surface area contributed by atoms with E-state index in [0.717, 1.165) is 95.2 Å². The average Bonchev–Trinajstić information content (AvgIpc) is 3.29. The minimum atomic E-state index is -6.85. The third-order valence-corrected chi connectivity index (χ3v) is 15.0. The number of phenols is 1. The third kappa shape index (κ3) is 16.0. The summed E-state index contributed by atoms with van der Waals surface area (Å²) in [5.41, 5.74) is -13.3. The summed E-state index contributed by atoms with van der Waals surface area (Å²) in [6, 6.07) is 8.83. The quantitative estimate of drug-likeness (QED) is 0.110. The molecule has 75 heavy (non-hydrogen) atoms. The number of phenolic OH excluding ortho intramolecular Hbond substituents is 1. The van der Waals surface area contributed by atoms with Crippen molar-refractivity contribution in [3.05, 3.63) is 100 Å². The number of benzene rings is 4. The van der Waals surface area contributed by atoms with Gasteiger partial charge < -0.3 is 14.6 Å². The Morgan fingerprint density at radius 2 is 0.800 bits per heavy atom. The highest BCUT2D eigenvalue weighted by atomic mass is 32.3. The largest absolute Gasteiger partial charge is 0.573 e. The molecule has 8 nitrogen and oxygen atoms in total. The van der Waals surface area contributed by atoms with Gasteiger partial charge in [0.05, 0.1) is 0 Å². The minimum Gasteiger partial charge on any atom is -0.504 e. The summed E-state index contributed by atoms with van der Waals surface area (Å²) >= 11 is 0. The lowest BCUT2D eigenvalue weighted by molar-refractivity contribution is -0.276. The van der Waals surface area contributed by atoms with Crippen LogP contribution in [0.3, 0.4) is 0 Å². The Balaban J connectivity index is 0.000000258. The monoisotopic (exact) mass is 1140 g/mol. The molecule has 4 aromatic carbocycles. The molecular weight excluding hydrogens is 1100 g/mol. The molecule has 0 heterocycles. The van der Waals surface area contributed by atoms with Crippen LogP contribution in [0.15, 0.2) is 48.5 Å². The van der Waals surface area contributed by atoms with Crippen molar-refractivity contribution in [2.75, 3.05) is 0 Å². The summed E-state index contributed by atoms with van der Waals surface area (Å²) in [6.45, 7) is 5.44. The van der Waals surface area contributed by atoms with Gasteiger partial charge in [-0.05, 0) is 122 Å². The summed E-state index contributed by atoms with van der Waals surface area (Å²) in [5, 5.41) is 9.93. The van der Waals surface area contributed by atoms with Crippen LogP contribution in [0.25, 0.3) is 22.3 Å². The molecule has 2 fully saturated rings. The Morgan fingerprint density at radius 3 is 1.15 bits per heavy atom. The first kappa shape index (κ1) is 62.4. The van der Waals surface area contributed by atoms with Crippen LogP contribution in [0.5, 0.6) is 17.2 Å². The van der Waals surface area contributed by atoms with Crippen molar-refractivity contribution in [3.8, 4) is 39.5 Å². The molecule has 2 aliphatic rings. The maximum Gasteiger partial charge on any atom is 0.573 e. The number of rotatable bonds is 12. The highest BCUT2D eigenvalue weighted by molar-refractivity contribution is 8.00. The fraction of sp³-hybridized carbons (Fsp3) is 0.489. The van der Waals surface area contributed by atoms with Crippen molar-refractivity contribution >= 4 is 20.2 Å². The average molecular weight is 1140 g/mol. The second-order valence-corrected chi connectivity index (χ2v) is 20.7. The molecule has 28 heteroatoms. The SMILES string of the molecule is CCCC1CCC(c2ccc(-c3ccc(OC(F)(F)F)c(F)c3C)c(F)c2F)CC1.CCCC1CCC(c2ccc(-c3ccc(OC(F)(F)F)c(F)c3O)c(F)c2F)CC1.O=S(=O)(OS(=O)(=O)C(F)(F)F)C(F)(F)F. The lowest BCUT2D eigenvalue weighted by Crippen LogP contribution is -2.34. The third-order valence-electron chi connectivity index (χ3n) is 12.4. The molecule has 6 rings (SSSR count). The van der Waals surface area contributed by atoms with Crippen molar-refractivity contribution < 1.29 is 114 Å². The van der Waals surface area contributed by atoms with Crippen LogP contribution in [-0.4, -0.2) is 45.7 Å². The van der Waals surface area contributed by atoms with E-state index < -0.39 is 107 Å². The lowest BCUT2D eigenvalue weighted by Gasteiger charge is -2.29. The topological polar surface area (TPSA) is 116 Å². The predicted molar refractivity (Wildman–Crippen MR) is 234 cm³/mol. The van der Waals surface area contributed by atoms with E-state index in [2.05, 4.69) is 23.3 Å². The standard InChI is InChI=1S/C23H24F6O.C22H22F6O2.C2F6O5S2/c1-3-4-14-5-7-15(8-6-14)17-9-10-18(22(26)21(17)25)16-11-12-19(20(24)13(16)2)30-23(27,28)29;1-2-3-12-4-6-13(7-5-12)14-8-9-15(19(24)18(14)23)16-10-11-17(20(25)21(16)29)30-22(26,27)28;3-1(4,5)14(9,10)13-15(11,12)2(6,7)8/h9-12,14-15H,3-8H2,1-2H3;8-13,29H,2-7H2,1H3;. The van der Waals surface area contributed by atoms with Crippen molar-refractivity contribution in [1.29, 1.82) is 0 Å². The van der Waals surface area contributed by atoms with Gasteiger partial charge >= 0.3 is 44.0 Å². The molecular formula is C47H46F18O8S2. The van der Waals surface area contributed by atoms with Crippen LogP contribution >= 0.6 is 0 Å². The number of hydrogen-bond acceptors (Lipinski definition) is 8. The molecule has 0 spiro atoms. The summed E-state index contributed by atoms with van der Waals surface area (Å²) in [5.74, 6) is -9.90. The van der Waals surface area contributed by atoms with E-state index in [-0.39, 0.29) is 34.1 Å². The molecule has 0 amide bonds. The fourth-order valence-electron chi connectivity index (χ4n) is 8.83. The molecule has 0 unspecified atom stereocenters. The molecule has 0 aliphatic heterocycles. The van der Waals surface area contributed by atoms with E-state index in [0.29, 0.717) is 23.5 Å². The first-order valence-corrected chi connectivity index (χ1v) is 25.4. The van der Waals surface area contributed by atoms with E-state index in [1.165, 1.54) is 31.2 Å². The molecule has 0 aromatic heterocycles. The Morgan fingerprint density at radius 1 is 0.467 bits per heavy atom. The maximum atomic E-state index is 14.9. The molecule has 0 radical (unpaired) electrons. The van der Waals surface area contributed by atoms with Gasteiger partial charge in [0.25, 0.3) is 0 Å². The summed E-state index contributed by atoms with van der Waals surface area (Å²) in [6.07, 6.45) is 1.12. The Labute approximate surface area is 418 Å². The number of halogens is 18. The predicted octanol–water partition coefficient (Wildman–Crippen LogP) is 16.2. The summed E-state index contributed by atoms with van der Waals surface area (Å²) in [7, 11) is -13.7. The van der Waals surface area contributed by atoms with Gasteiger partial charge in [0.2, 0.25) is 5.82 Å². The van der Waals surface area contributed by atoms with Gasteiger partial charge in [-0.25, -0.2) is 22.0 Å². The second kappa shape index (κ2) is 24.5. The first-order chi connectivity index (χ1) is 34.4. The van der Waals surface area contributed by atoms with Crippen molar-refractivity contribution in [1.82, 2.24) is 0 Å². The zero-order valence-corrected chi connectivity index (χ0v) is 41.0. The number of hydrogen-bond donors (Lipinski definition) is 1. The number of aromatic hydroxyl groups is 1. The molecule has 420 valence electrons. The Hall–Kier alpha value is -5.12. The molecule has 0 bridgehead atoms. The number of alkyl halides is 12. The van der Waals surface area contributed by atoms with Gasteiger partial charge in [0, 0.05) is 16.7 Å². The van der Waals surface area contributed by atoms with Crippen LogP contribution in [0, 0.1) is 53.7 Å². The van der Waals surface area contributed by atoms with E-state index >= 15 is 0 Å². The normalized spacial score (nSPS) is 18.8. The molecule has 0 saturated heterocycles. The zero-order chi connectivity index (χ0) is 56.8. The van der Waals surface area contributed by atoms with Crippen molar-refractivity contribution in [2.45, 2.75) is 133 Å². The first-order valence-electron chi connectivity index (χ1n) is 22.6. The molecule has 0 atom stereocenters. The van der Waals surface area contributed by atoms with Gasteiger partial charge in [-0.15, -0.1) is 30.0 Å². The van der Waals surface area contributed by atoms with Gasteiger partial charge in [-0.1, -0.05) is 69.9 Å². The van der Waals surface area contributed by atoms with Crippen LogP contribution in [-0.2, 0) is 23.9 Å². The van der Waals surface area contributed by atoms with Crippen LogP contribution < -0.4 is 9.47 Å². The fourth-order valence-corrected chi connectivity index (χ4v) is 10.4. The Bertz CT molecular complexity index is 2640. The smallest absolute Gasteiger partial charge is 0.504 e. The zero-order valence-electron chi connectivity index (χ0n) is 39.3. The summed E-state index contributed by atoms with van der Waals surface area (Å²) in [4.78, 5) is 0. The highest BCUT2D eigenvalue weighted by Gasteiger charge is 2.57. The van der Waals surface area contributed by atoms with E-state index in [4.69, 9.17) is 0 Å². The maximum absolute atomic E-state index is 14.9. The van der Waals surface area contributed by atoms with Gasteiger partial charge in [-0.3, -0.25) is 0 Å². The highest BCUT2D eigenvalue weighted by Crippen LogP contribution is 2.45. The molecule has 4 aromatic rings. The molecule has 1 N–H and O–H groups in total. The van der Waals surface area contributed by atoms with E-state index in [1.807, 2.05) is 3.63 Å². The van der Waals surface area contributed by atoms with E-state index in [1.54, 1.807) is 0 Å². The molecule has 2 saturated carbocycles. The van der Waals surface area contributed by atoms with Crippen LogP contribution in [0.2, 0.25) is 0 Å². The minimum absolute atomic E-state index is 0.0170. The van der Waals surface area contributed by atoms with E-state index in [9.17, 15) is 101 Å². The van der Waals surface area contributed by atoms with Gasteiger partial charge in [-0.2, -0.15) is 47.6 Å². The lowest BCUT2D eigenvalue weighted by atomic mass is 9.77.